The van der Waals surface area contributed by atoms with Crippen LogP contribution in [-0.2, 0) is 11.3 Å². The highest BCUT2D eigenvalue weighted by molar-refractivity contribution is 5.27. The monoisotopic (exact) mass is 239 g/mol. The van der Waals surface area contributed by atoms with Crippen LogP contribution in [0, 0.1) is 5.92 Å². The van der Waals surface area contributed by atoms with Crippen LogP contribution in [0.5, 0.6) is 0 Å². The summed E-state index contributed by atoms with van der Waals surface area (Å²) in [5, 5.41) is 3.46. The fourth-order valence-corrected chi connectivity index (χ4v) is 1.87. The average Bonchev–Trinajstić information content (AvgIpc) is 2.73. The minimum Gasteiger partial charge on any atom is -0.383 e. The van der Waals surface area contributed by atoms with E-state index in [1.165, 1.54) is 12.8 Å². The van der Waals surface area contributed by atoms with Crippen LogP contribution in [0.15, 0.2) is 12.4 Å². The van der Waals surface area contributed by atoms with Crippen molar-refractivity contribution in [1.29, 1.82) is 0 Å². The zero-order chi connectivity index (χ0) is 12.7. The van der Waals surface area contributed by atoms with Crippen molar-refractivity contribution in [2.75, 3.05) is 19.0 Å². The molecule has 1 aromatic rings. The van der Waals surface area contributed by atoms with Crippen molar-refractivity contribution >= 4 is 5.95 Å². The Kier molecular flexibility index (Phi) is 6.05. The van der Waals surface area contributed by atoms with Gasteiger partial charge in [0.25, 0.3) is 0 Å². The van der Waals surface area contributed by atoms with Gasteiger partial charge in [-0.2, -0.15) is 0 Å². The summed E-state index contributed by atoms with van der Waals surface area (Å²) < 4.78 is 7.17. The van der Waals surface area contributed by atoms with Gasteiger partial charge in [-0.15, -0.1) is 0 Å². The van der Waals surface area contributed by atoms with E-state index in [-0.39, 0.29) is 0 Å². The van der Waals surface area contributed by atoms with Crippen molar-refractivity contribution in [2.24, 2.45) is 5.92 Å². The fourth-order valence-electron chi connectivity index (χ4n) is 1.87. The Hall–Kier alpha value is -1.03. The van der Waals surface area contributed by atoms with E-state index in [9.17, 15) is 0 Å². The molecule has 0 aliphatic heterocycles. The largest absolute Gasteiger partial charge is 0.383 e. The van der Waals surface area contributed by atoms with Crippen molar-refractivity contribution < 1.29 is 4.74 Å². The molecule has 0 aromatic carbocycles. The molecule has 0 aliphatic rings. The van der Waals surface area contributed by atoms with E-state index in [2.05, 4.69) is 35.6 Å². The molecule has 2 atom stereocenters. The molecule has 0 saturated heterocycles. The Bertz CT molecular complexity index is 311. The lowest BCUT2D eigenvalue weighted by Crippen LogP contribution is -2.21. The van der Waals surface area contributed by atoms with Crippen molar-refractivity contribution in [3.05, 3.63) is 12.4 Å². The molecule has 1 rings (SSSR count). The Morgan fingerprint density at radius 2 is 2.24 bits per heavy atom. The zero-order valence-corrected chi connectivity index (χ0v) is 11.4. The van der Waals surface area contributed by atoms with E-state index < -0.39 is 0 Å². The van der Waals surface area contributed by atoms with Gasteiger partial charge >= 0.3 is 0 Å². The van der Waals surface area contributed by atoms with Gasteiger partial charge in [0, 0.05) is 32.1 Å². The number of aromatic nitrogens is 2. The van der Waals surface area contributed by atoms with E-state index >= 15 is 0 Å². The van der Waals surface area contributed by atoms with Crippen LogP contribution in [-0.4, -0.2) is 29.3 Å². The number of imidazole rings is 1. The first-order chi connectivity index (χ1) is 8.17. The second-order valence-corrected chi connectivity index (χ2v) is 4.73. The number of anilines is 1. The summed E-state index contributed by atoms with van der Waals surface area (Å²) in [5.74, 6) is 1.69. The summed E-state index contributed by atoms with van der Waals surface area (Å²) in [6, 6.07) is 0.452. The molecular weight excluding hydrogens is 214 g/mol. The summed E-state index contributed by atoms with van der Waals surface area (Å²) >= 11 is 0. The summed E-state index contributed by atoms with van der Waals surface area (Å²) in [7, 11) is 1.72. The quantitative estimate of drug-likeness (QED) is 0.758. The molecule has 0 saturated carbocycles. The van der Waals surface area contributed by atoms with Gasteiger partial charge in [0.1, 0.15) is 0 Å². The lowest BCUT2D eigenvalue weighted by Gasteiger charge is -2.18. The molecule has 1 aromatic heterocycles. The molecule has 17 heavy (non-hydrogen) atoms. The zero-order valence-electron chi connectivity index (χ0n) is 11.4. The molecule has 0 fully saturated rings. The first-order valence-electron chi connectivity index (χ1n) is 6.44. The van der Waals surface area contributed by atoms with Gasteiger partial charge in [0.15, 0.2) is 0 Å². The molecule has 0 radical (unpaired) electrons. The lowest BCUT2D eigenvalue weighted by atomic mass is 10.0. The maximum atomic E-state index is 5.08. The van der Waals surface area contributed by atoms with E-state index in [0.29, 0.717) is 12.6 Å². The molecule has 0 amide bonds. The summed E-state index contributed by atoms with van der Waals surface area (Å²) in [6.07, 6.45) is 6.21. The molecule has 1 heterocycles. The second-order valence-electron chi connectivity index (χ2n) is 4.73. The van der Waals surface area contributed by atoms with Crippen LogP contribution in [0.3, 0.4) is 0 Å². The Balaban J connectivity index is 2.47. The smallest absolute Gasteiger partial charge is 0.203 e. The van der Waals surface area contributed by atoms with E-state index in [1.54, 1.807) is 7.11 Å². The predicted octanol–water partition coefficient (Wildman–Crippen LogP) is 2.77. The van der Waals surface area contributed by atoms with E-state index in [0.717, 1.165) is 18.4 Å². The van der Waals surface area contributed by atoms with Gasteiger partial charge in [-0.3, -0.25) is 0 Å². The van der Waals surface area contributed by atoms with Gasteiger partial charge in [0.05, 0.1) is 6.61 Å². The molecule has 1 N–H and O–H groups in total. The van der Waals surface area contributed by atoms with Crippen molar-refractivity contribution in [2.45, 2.75) is 46.2 Å². The minimum absolute atomic E-state index is 0.452. The average molecular weight is 239 g/mol. The van der Waals surface area contributed by atoms with Crippen LogP contribution in [0.1, 0.15) is 33.6 Å². The molecule has 0 spiro atoms. The van der Waals surface area contributed by atoms with E-state index in [4.69, 9.17) is 4.74 Å². The Morgan fingerprint density at radius 3 is 2.88 bits per heavy atom. The van der Waals surface area contributed by atoms with Crippen LogP contribution < -0.4 is 5.32 Å². The molecule has 98 valence electrons. The first-order valence-corrected chi connectivity index (χ1v) is 6.44. The number of hydrogen-bond acceptors (Lipinski definition) is 3. The molecule has 4 heteroatoms. The molecule has 2 unspecified atom stereocenters. The third-order valence-electron chi connectivity index (χ3n) is 3.08. The number of ether oxygens (including phenoxy) is 1. The summed E-state index contributed by atoms with van der Waals surface area (Å²) in [6.45, 7) is 8.29. The van der Waals surface area contributed by atoms with E-state index in [1.807, 2.05) is 12.4 Å². The van der Waals surface area contributed by atoms with Gasteiger partial charge in [-0.05, 0) is 19.3 Å². The van der Waals surface area contributed by atoms with Crippen LogP contribution >= 0.6 is 0 Å². The Labute approximate surface area is 104 Å². The number of nitrogens with one attached hydrogen (secondary N) is 1. The van der Waals surface area contributed by atoms with Gasteiger partial charge in [-0.25, -0.2) is 4.98 Å². The third-order valence-corrected chi connectivity index (χ3v) is 3.08. The second kappa shape index (κ2) is 7.33. The summed E-state index contributed by atoms with van der Waals surface area (Å²) in [4.78, 5) is 4.34. The molecular formula is C13H25N3O. The van der Waals surface area contributed by atoms with Crippen molar-refractivity contribution in [3.63, 3.8) is 0 Å². The highest BCUT2D eigenvalue weighted by Gasteiger charge is 2.09. The third kappa shape index (κ3) is 4.77. The number of methoxy groups -OCH3 is 1. The molecule has 0 aliphatic carbocycles. The standard InChI is InChI=1S/C13H25N3O/c1-5-11(2)10-12(3)15-13-14-6-7-16(13)8-9-17-4/h6-7,11-12H,5,8-10H2,1-4H3,(H,14,15). The van der Waals surface area contributed by atoms with Crippen molar-refractivity contribution in [1.82, 2.24) is 9.55 Å². The normalized spacial score (nSPS) is 14.6. The van der Waals surface area contributed by atoms with Gasteiger partial charge < -0.3 is 14.6 Å². The molecule has 4 nitrogen and oxygen atoms in total. The highest BCUT2D eigenvalue weighted by atomic mass is 16.5. The van der Waals surface area contributed by atoms with Crippen LogP contribution in [0.2, 0.25) is 0 Å². The minimum atomic E-state index is 0.452. The number of rotatable bonds is 8. The highest BCUT2D eigenvalue weighted by Crippen LogP contribution is 2.13. The van der Waals surface area contributed by atoms with Gasteiger partial charge in [-0.1, -0.05) is 20.3 Å². The van der Waals surface area contributed by atoms with Crippen LogP contribution in [0.25, 0.3) is 0 Å². The fraction of sp³-hybridized carbons (Fsp3) is 0.769. The number of hydrogen-bond donors (Lipinski definition) is 1. The predicted molar refractivity (Wildman–Crippen MR) is 71.3 cm³/mol. The molecule has 0 bridgehead atoms. The lowest BCUT2D eigenvalue weighted by molar-refractivity contribution is 0.187. The van der Waals surface area contributed by atoms with Crippen molar-refractivity contribution in [3.8, 4) is 0 Å². The maximum Gasteiger partial charge on any atom is 0.203 e. The van der Waals surface area contributed by atoms with Crippen LogP contribution in [0.4, 0.5) is 5.95 Å². The topological polar surface area (TPSA) is 39.1 Å². The summed E-state index contributed by atoms with van der Waals surface area (Å²) in [5.41, 5.74) is 0. The number of nitrogens with zero attached hydrogens (tertiary/aromatic N) is 2. The first kappa shape index (κ1) is 14.0. The maximum absolute atomic E-state index is 5.08. The SMILES string of the molecule is CCC(C)CC(C)Nc1nccn1CCOC. The van der Waals surface area contributed by atoms with Gasteiger partial charge in [0.2, 0.25) is 5.95 Å². The Morgan fingerprint density at radius 1 is 1.47 bits per heavy atom.